The van der Waals surface area contributed by atoms with Crippen molar-refractivity contribution in [1.82, 2.24) is 0 Å². The molecule has 4 N–H and O–H groups in total. The van der Waals surface area contributed by atoms with E-state index >= 15 is 0 Å². The minimum Gasteiger partial charge on any atom is -0.481 e. The van der Waals surface area contributed by atoms with Gasteiger partial charge in [0.15, 0.2) is 0 Å². The molecular formula is C13H15ClN2O3. The van der Waals surface area contributed by atoms with E-state index in [0.717, 1.165) is 12.1 Å². The minimum atomic E-state index is -0.744. The van der Waals surface area contributed by atoms with Crippen molar-refractivity contribution in [3.8, 4) is 0 Å². The summed E-state index contributed by atoms with van der Waals surface area (Å²) in [7, 11) is 0. The molecule has 0 unspecified atom stereocenters. The van der Waals surface area contributed by atoms with Crippen LogP contribution >= 0.6 is 11.6 Å². The molecule has 0 heterocycles. The predicted octanol–water partition coefficient (Wildman–Crippen LogP) is 2.10. The monoisotopic (exact) mass is 282 g/mol. The van der Waals surface area contributed by atoms with Gasteiger partial charge in [-0.3, -0.25) is 9.59 Å². The first kappa shape index (κ1) is 13.7. The van der Waals surface area contributed by atoms with Crippen molar-refractivity contribution in [2.45, 2.75) is 25.3 Å². The number of carboxylic acids is 1. The molecule has 1 aromatic rings. The number of carbonyl (C=O) groups is 2. The van der Waals surface area contributed by atoms with E-state index in [1.807, 2.05) is 0 Å². The number of benzene rings is 1. The van der Waals surface area contributed by atoms with Crippen molar-refractivity contribution in [2.24, 2.45) is 11.7 Å². The van der Waals surface area contributed by atoms with Crippen LogP contribution in [0.5, 0.6) is 0 Å². The van der Waals surface area contributed by atoms with E-state index in [2.05, 4.69) is 5.32 Å². The second-order valence-electron chi connectivity index (χ2n) is 4.75. The summed E-state index contributed by atoms with van der Waals surface area (Å²) >= 11 is 5.95. The van der Waals surface area contributed by atoms with E-state index in [-0.39, 0.29) is 17.5 Å². The van der Waals surface area contributed by atoms with E-state index < -0.39 is 11.9 Å². The first-order valence-corrected chi connectivity index (χ1v) is 6.44. The lowest BCUT2D eigenvalue weighted by Crippen LogP contribution is -2.18. The highest BCUT2D eigenvalue weighted by atomic mass is 35.5. The number of nitrogens with one attached hydrogen (secondary N) is 1. The van der Waals surface area contributed by atoms with Gasteiger partial charge in [-0.15, -0.1) is 0 Å². The zero-order valence-corrected chi connectivity index (χ0v) is 11.0. The fourth-order valence-electron chi connectivity index (χ4n) is 2.38. The van der Waals surface area contributed by atoms with Gasteiger partial charge in [0.2, 0.25) is 5.91 Å². The number of rotatable bonds is 4. The maximum atomic E-state index is 11.0. The van der Waals surface area contributed by atoms with Gasteiger partial charge in [-0.2, -0.15) is 0 Å². The molecule has 2 atom stereocenters. The largest absolute Gasteiger partial charge is 0.481 e. The summed E-state index contributed by atoms with van der Waals surface area (Å²) in [5.74, 6) is -1.59. The standard InChI is InChI=1S/C13H15ClN2O3/c14-11-6-9(3-4-10(11)12(15)17)16-8-2-1-7(5-8)13(18)19/h3-4,6-8,16H,1-2,5H2,(H2,15,17)(H,18,19)/t7-,8+/m1/s1. The molecule has 0 saturated heterocycles. The zero-order valence-electron chi connectivity index (χ0n) is 10.2. The molecule has 1 saturated carbocycles. The van der Waals surface area contributed by atoms with E-state index in [1.54, 1.807) is 18.2 Å². The lowest BCUT2D eigenvalue weighted by molar-refractivity contribution is -0.141. The van der Waals surface area contributed by atoms with Gasteiger partial charge in [0, 0.05) is 11.7 Å². The molecule has 1 fully saturated rings. The number of carbonyl (C=O) groups excluding carboxylic acids is 1. The van der Waals surface area contributed by atoms with Crippen molar-refractivity contribution >= 4 is 29.2 Å². The lowest BCUT2D eigenvalue weighted by atomic mass is 10.1. The van der Waals surface area contributed by atoms with Crippen molar-refractivity contribution < 1.29 is 14.7 Å². The number of hydrogen-bond donors (Lipinski definition) is 3. The van der Waals surface area contributed by atoms with Crippen molar-refractivity contribution in [3.05, 3.63) is 28.8 Å². The average Bonchev–Trinajstić information content (AvgIpc) is 2.77. The second kappa shape index (κ2) is 5.48. The number of carboxylic acid groups (broad SMARTS) is 1. The summed E-state index contributed by atoms with van der Waals surface area (Å²) in [6.45, 7) is 0. The molecule has 1 aliphatic rings. The number of nitrogens with two attached hydrogens (primary N) is 1. The number of anilines is 1. The van der Waals surface area contributed by atoms with Crippen LogP contribution in [0.2, 0.25) is 5.02 Å². The minimum absolute atomic E-state index is 0.122. The first-order valence-electron chi connectivity index (χ1n) is 6.06. The Morgan fingerprint density at radius 3 is 2.63 bits per heavy atom. The Bertz CT molecular complexity index is 519. The molecule has 0 aromatic heterocycles. The number of hydrogen-bond acceptors (Lipinski definition) is 3. The molecule has 1 amide bonds. The molecule has 102 valence electrons. The third-order valence-corrected chi connectivity index (χ3v) is 3.70. The quantitative estimate of drug-likeness (QED) is 0.788. The van der Waals surface area contributed by atoms with Crippen LogP contribution in [0.25, 0.3) is 0 Å². The summed E-state index contributed by atoms with van der Waals surface area (Å²) < 4.78 is 0. The van der Waals surface area contributed by atoms with Gasteiger partial charge in [-0.1, -0.05) is 11.6 Å². The maximum Gasteiger partial charge on any atom is 0.306 e. The third kappa shape index (κ3) is 3.17. The molecule has 2 rings (SSSR count). The van der Waals surface area contributed by atoms with Gasteiger partial charge < -0.3 is 16.2 Å². The normalized spacial score (nSPS) is 22.2. The van der Waals surface area contributed by atoms with Crippen molar-refractivity contribution in [2.75, 3.05) is 5.32 Å². The molecule has 6 heteroatoms. The number of primary amides is 1. The van der Waals surface area contributed by atoms with E-state index in [0.29, 0.717) is 17.9 Å². The first-order chi connectivity index (χ1) is 8.97. The van der Waals surface area contributed by atoms with Crippen LogP contribution in [0.1, 0.15) is 29.6 Å². The Kier molecular flexibility index (Phi) is 3.95. The van der Waals surface area contributed by atoms with Crippen LogP contribution in [0.15, 0.2) is 18.2 Å². The third-order valence-electron chi connectivity index (χ3n) is 3.39. The SMILES string of the molecule is NC(=O)c1ccc(N[C@H]2CC[C@@H](C(=O)O)C2)cc1Cl. The van der Waals surface area contributed by atoms with Gasteiger partial charge in [0.05, 0.1) is 16.5 Å². The summed E-state index contributed by atoms with van der Waals surface area (Å²) in [5, 5.41) is 12.5. The molecule has 0 bridgehead atoms. The summed E-state index contributed by atoms with van der Waals surface area (Å²) in [5.41, 5.74) is 6.22. The highest BCUT2D eigenvalue weighted by Gasteiger charge is 2.29. The van der Waals surface area contributed by atoms with Gasteiger partial charge in [-0.05, 0) is 37.5 Å². The second-order valence-corrected chi connectivity index (χ2v) is 5.16. The highest BCUT2D eigenvalue weighted by molar-refractivity contribution is 6.34. The van der Waals surface area contributed by atoms with Gasteiger partial charge in [0.25, 0.3) is 0 Å². The smallest absolute Gasteiger partial charge is 0.306 e. The molecule has 1 aliphatic carbocycles. The van der Waals surface area contributed by atoms with Crippen LogP contribution in [0, 0.1) is 5.92 Å². The van der Waals surface area contributed by atoms with Crippen LogP contribution < -0.4 is 11.1 Å². The molecule has 0 spiro atoms. The summed E-state index contributed by atoms with van der Waals surface area (Å²) in [6.07, 6.45) is 2.09. The fourth-order valence-corrected chi connectivity index (χ4v) is 2.65. The Labute approximate surface area is 115 Å². The Morgan fingerprint density at radius 2 is 2.11 bits per heavy atom. The van der Waals surface area contributed by atoms with Crippen LogP contribution in [-0.2, 0) is 4.79 Å². The maximum absolute atomic E-state index is 11.0. The fraction of sp³-hybridized carbons (Fsp3) is 0.385. The summed E-state index contributed by atoms with van der Waals surface area (Å²) in [6, 6.07) is 5.04. The van der Waals surface area contributed by atoms with Gasteiger partial charge >= 0.3 is 5.97 Å². The van der Waals surface area contributed by atoms with E-state index in [9.17, 15) is 9.59 Å². The average molecular weight is 283 g/mol. The molecule has 19 heavy (non-hydrogen) atoms. The lowest BCUT2D eigenvalue weighted by Gasteiger charge is -2.14. The molecule has 1 aromatic carbocycles. The van der Waals surface area contributed by atoms with Crippen molar-refractivity contribution in [1.29, 1.82) is 0 Å². The van der Waals surface area contributed by atoms with Gasteiger partial charge in [-0.25, -0.2) is 0 Å². The van der Waals surface area contributed by atoms with Gasteiger partial charge in [0.1, 0.15) is 0 Å². The Hall–Kier alpha value is -1.75. The van der Waals surface area contributed by atoms with E-state index in [4.69, 9.17) is 22.4 Å². The molecule has 5 nitrogen and oxygen atoms in total. The number of aliphatic carboxylic acids is 1. The molecule has 0 aliphatic heterocycles. The van der Waals surface area contributed by atoms with Crippen LogP contribution in [0.3, 0.4) is 0 Å². The predicted molar refractivity (Wildman–Crippen MR) is 72.4 cm³/mol. The molecular weight excluding hydrogens is 268 g/mol. The van der Waals surface area contributed by atoms with Crippen LogP contribution in [0.4, 0.5) is 5.69 Å². The highest BCUT2D eigenvalue weighted by Crippen LogP contribution is 2.29. The number of halogens is 1. The zero-order chi connectivity index (χ0) is 14.0. The topological polar surface area (TPSA) is 92.4 Å². The summed E-state index contributed by atoms with van der Waals surface area (Å²) in [4.78, 5) is 21.9. The van der Waals surface area contributed by atoms with Crippen LogP contribution in [-0.4, -0.2) is 23.0 Å². The Balaban J connectivity index is 2.03. The van der Waals surface area contributed by atoms with Crippen molar-refractivity contribution in [3.63, 3.8) is 0 Å². The Morgan fingerprint density at radius 1 is 1.37 bits per heavy atom. The molecule has 0 radical (unpaired) electrons. The number of amides is 1. The van der Waals surface area contributed by atoms with E-state index in [1.165, 1.54) is 0 Å².